The van der Waals surface area contributed by atoms with Gasteiger partial charge in [0.15, 0.2) is 0 Å². The van der Waals surface area contributed by atoms with Crippen molar-refractivity contribution < 1.29 is 9.59 Å². The van der Waals surface area contributed by atoms with Crippen LogP contribution in [0.1, 0.15) is 27.2 Å². The van der Waals surface area contributed by atoms with Gasteiger partial charge in [-0.15, -0.1) is 0 Å². The zero-order chi connectivity index (χ0) is 12.6. The van der Waals surface area contributed by atoms with Crippen LogP contribution in [-0.2, 0) is 4.79 Å². The highest BCUT2D eigenvalue weighted by Gasteiger charge is 2.13. The van der Waals surface area contributed by atoms with Crippen molar-refractivity contribution in [2.24, 2.45) is 5.73 Å². The van der Waals surface area contributed by atoms with Gasteiger partial charge in [-0.3, -0.25) is 4.79 Å². The van der Waals surface area contributed by atoms with Crippen molar-refractivity contribution in [1.82, 2.24) is 16.0 Å². The van der Waals surface area contributed by atoms with Crippen LogP contribution in [0.25, 0.3) is 0 Å². The molecule has 0 aromatic carbocycles. The Morgan fingerprint density at radius 1 is 1.25 bits per heavy atom. The molecule has 0 spiro atoms. The second-order valence-corrected chi connectivity index (χ2v) is 3.78. The minimum Gasteiger partial charge on any atom is -0.352 e. The number of amides is 3. The van der Waals surface area contributed by atoms with Crippen molar-refractivity contribution in [3.63, 3.8) is 0 Å². The highest BCUT2D eigenvalue weighted by molar-refractivity contribution is 5.81. The van der Waals surface area contributed by atoms with E-state index >= 15 is 0 Å². The Kier molecular flexibility index (Phi) is 7.28. The molecule has 3 amide bonds. The van der Waals surface area contributed by atoms with Gasteiger partial charge >= 0.3 is 6.03 Å². The number of rotatable bonds is 7. The van der Waals surface area contributed by atoms with Gasteiger partial charge in [0.25, 0.3) is 0 Å². The van der Waals surface area contributed by atoms with Crippen LogP contribution in [0.3, 0.4) is 0 Å². The van der Waals surface area contributed by atoms with E-state index in [1.165, 1.54) is 0 Å². The smallest absolute Gasteiger partial charge is 0.312 e. The Morgan fingerprint density at radius 3 is 2.38 bits per heavy atom. The topological polar surface area (TPSA) is 96.2 Å². The quantitative estimate of drug-likeness (QED) is 0.446. The van der Waals surface area contributed by atoms with Crippen molar-refractivity contribution in [1.29, 1.82) is 0 Å². The van der Waals surface area contributed by atoms with Crippen LogP contribution in [0.5, 0.6) is 0 Å². The van der Waals surface area contributed by atoms with E-state index in [1.54, 1.807) is 6.92 Å². The van der Waals surface area contributed by atoms with Gasteiger partial charge in [-0.1, -0.05) is 6.92 Å². The molecule has 5 N–H and O–H groups in total. The third-order valence-corrected chi connectivity index (χ3v) is 2.27. The molecule has 0 bridgehead atoms. The molecule has 0 saturated heterocycles. The van der Waals surface area contributed by atoms with Crippen molar-refractivity contribution in [3.8, 4) is 0 Å². The first-order valence-corrected chi connectivity index (χ1v) is 5.54. The molecule has 0 heterocycles. The zero-order valence-corrected chi connectivity index (χ0v) is 10.2. The molecular weight excluding hydrogens is 208 g/mol. The lowest BCUT2D eigenvalue weighted by molar-refractivity contribution is -0.123. The minimum absolute atomic E-state index is 0.0339. The second-order valence-electron chi connectivity index (χ2n) is 3.78. The van der Waals surface area contributed by atoms with Crippen LogP contribution in [0, 0.1) is 0 Å². The summed E-state index contributed by atoms with van der Waals surface area (Å²) < 4.78 is 0. The van der Waals surface area contributed by atoms with Crippen LogP contribution in [-0.4, -0.2) is 37.1 Å². The highest BCUT2D eigenvalue weighted by atomic mass is 16.2. The first kappa shape index (κ1) is 14.7. The third kappa shape index (κ3) is 7.05. The number of hydrogen-bond donors (Lipinski definition) is 4. The van der Waals surface area contributed by atoms with E-state index in [0.29, 0.717) is 13.1 Å². The molecule has 0 aliphatic rings. The van der Waals surface area contributed by atoms with E-state index in [-0.39, 0.29) is 18.0 Å². The number of urea groups is 1. The Labute approximate surface area is 96.3 Å². The number of nitrogens with two attached hydrogens (primary N) is 1. The Hall–Kier alpha value is -1.30. The first-order valence-electron chi connectivity index (χ1n) is 5.54. The third-order valence-electron chi connectivity index (χ3n) is 2.27. The molecule has 0 saturated carbocycles. The maximum Gasteiger partial charge on any atom is 0.312 e. The van der Waals surface area contributed by atoms with Crippen molar-refractivity contribution in [2.45, 2.75) is 39.3 Å². The van der Waals surface area contributed by atoms with Crippen LogP contribution in [0.4, 0.5) is 4.79 Å². The van der Waals surface area contributed by atoms with Crippen molar-refractivity contribution in [3.05, 3.63) is 0 Å². The molecule has 2 atom stereocenters. The van der Waals surface area contributed by atoms with E-state index in [9.17, 15) is 9.59 Å². The van der Waals surface area contributed by atoms with Crippen LogP contribution >= 0.6 is 0 Å². The summed E-state index contributed by atoms with van der Waals surface area (Å²) in [6.07, 6.45) is 0.904. The molecule has 6 heteroatoms. The second kappa shape index (κ2) is 7.92. The number of carbonyl (C=O) groups is 2. The summed E-state index contributed by atoms with van der Waals surface area (Å²) in [6, 6.07) is -0.650. The molecule has 0 fully saturated rings. The summed E-state index contributed by atoms with van der Waals surface area (Å²) in [4.78, 5) is 21.9. The summed E-state index contributed by atoms with van der Waals surface area (Å²) in [5, 5.41) is 8.29. The molecule has 0 aromatic heterocycles. The number of carbonyl (C=O) groups excluding carboxylic acids is 2. The van der Waals surface area contributed by atoms with E-state index in [0.717, 1.165) is 6.42 Å². The fraction of sp³-hybridized carbons (Fsp3) is 0.800. The monoisotopic (exact) mass is 230 g/mol. The summed E-state index contributed by atoms with van der Waals surface area (Å²) in [5.74, 6) is -0.0339. The fourth-order valence-electron chi connectivity index (χ4n) is 1.04. The molecule has 6 nitrogen and oxygen atoms in total. The van der Waals surface area contributed by atoms with Gasteiger partial charge in [-0.2, -0.15) is 0 Å². The Bertz CT molecular complexity index is 233. The Morgan fingerprint density at radius 2 is 1.88 bits per heavy atom. The first-order chi connectivity index (χ1) is 7.47. The predicted molar refractivity (Wildman–Crippen MR) is 62.9 cm³/mol. The van der Waals surface area contributed by atoms with Gasteiger partial charge < -0.3 is 21.7 Å². The van der Waals surface area contributed by atoms with Gasteiger partial charge in [0, 0.05) is 19.1 Å². The molecule has 94 valence electrons. The van der Waals surface area contributed by atoms with Crippen LogP contribution in [0.15, 0.2) is 0 Å². The average Bonchev–Trinajstić information content (AvgIpc) is 2.23. The lowest BCUT2D eigenvalue weighted by Crippen LogP contribution is -2.47. The molecule has 0 aromatic rings. The number of primary amides is 1. The summed E-state index contributed by atoms with van der Waals surface area (Å²) in [6.45, 7) is 6.68. The average molecular weight is 230 g/mol. The highest BCUT2D eigenvalue weighted by Crippen LogP contribution is 1.90. The summed E-state index contributed by atoms with van der Waals surface area (Å²) in [5.41, 5.74) is 4.90. The van der Waals surface area contributed by atoms with Crippen molar-refractivity contribution >= 4 is 11.9 Å². The van der Waals surface area contributed by atoms with E-state index in [4.69, 9.17) is 5.73 Å². The molecule has 0 aliphatic carbocycles. The molecule has 16 heavy (non-hydrogen) atoms. The van der Waals surface area contributed by atoms with Crippen LogP contribution < -0.4 is 21.7 Å². The maximum atomic E-state index is 11.6. The summed E-state index contributed by atoms with van der Waals surface area (Å²) >= 11 is 0. The van der Waals surface area contributed by atoms with Gasteiger partial charge in [0.1, 0.15) is 0 Å². The molecule has 0 rings (SSSR count). The largest absolute Gasteiger partial charge is 0.352 e. The van der Waals surface area contributed by atoms with Gasteiger partial charge in [0.05, 0.1) is 6.04 Å². The van der Waals surface area contributed by atoms with Gasteiger partial charge in [-0.25, -0.2) is 4.79 Å². The number of hydrogen-bond acceptors (Lipinski definition) is 3. The predicted octanol–water partition coefficient (Wildman–Crippen LogP) is -0.452. The lowest BCUT2D eigenvalue weighted by atomic mass is 10.2. The van der Waals surface area contributed by atoms with Crippen LogP contribution in [0.2, 0.25) is 0 Å². The van der Waals surface area contributed by atoms with Gasteiger partial charge in [-0.05, 0) is 20.3 Å². The zero-order valence-electron chi connectivity index (χ0n) is 10.2. The molecule has 0 radical (unpaired) electrons. The standard InChI is InChI=1S/C10H22N4O2/c1-4-7(2)14-9(15)8(3)12-5-6-13-10(11)16/h7-8,12H,4-6H2,1-3H3,(H,14,15)(H3,11,13,16). The minimum atomic E-state index is -0.557. The maximum absolute atomic E-state index is 11.6. The fourth-order valence-corrected chi connectivity index (χ4v) is 1.04. The molecule has 0 aliphatic heterocycles. The van der Waals surface area contributed by atoms with Crippen molar-refractivity contribution in [2.75, 3.05) is 13.1 Å². The lowest BCUT2D eigenvalue weighted by Gasteiger charge is -2.17. The Balaban J connectivity index is 3.67. The normalized spacial score (nSPS) is 13.9. The number of nitrogens with one attached hydrogen (secondary N) is 3. The molecule has 2 unspecified atom stereocenters. The van der Waals surface area contributed by atoms with E-state index in [1.807, 2.05) is 13.8 Å². The van der Waals surface area contributed by atoms with E-state index < -0.39 is 6.03 Å². The molecular formula is C10H22N4O2. The summed E-state index contributed by atoms with van der Waals surface area (Å²) in [7, 11) is 0. The van der Waals surface area contributed by atoms with Gasteiger partial charge in [0.2, 0.25) is 5.91 Å². The SMILES string of the molecule is CCC(C)NC(=O)C(C)NCCNC(N)=O. The van der Waals surface area contributed by atoms with E-state index in [2.05, 4.69) is 16.0 Å².